The Morgan fingerprint density at radius 1 is 1.21 bits per heavy atom. The van der Waals surface area contributed by atoms with Gasteiger partial charge in [0.25, 0.3) is 5.91 Å². The molecule has 0 saturated carbocycles. The molecular weight excluding hydrogens is 419 g/mol. The zero-order valence-electron chi connectivity index (χ0n) is 15.9. The predicted octanol–water partition coefficient (Wildman–Crippen LogP) is 3.58. The number of anilines is 1. The van der Waals surface area contributed by atoms with Gasteiger partial charge in [0.05, 0.1) is 16.0 Å². The third kappa shape index (κ3) is 5.14. The fourth-order valence-electron chi connectivity index (χ4n) is 3.25. The molecule has 1 aliphatic rings. The molecule has 3 rings (SSSR count). The van der Waals surface area contributed by atoms with Gasteiger partial charge in [0.15, 0.2) is 0 Å². The van der Waals surface area contributed by atoms with E-state index in [-0.39, 0.29) is 22.0 Å². The second kappa shape index (κ2) is 8.79. The van der Waals surface area contributed by atoms with Crippen LogP contribution in [0.2, 0.25) is 5.02 Å². The lowest BCUT2D eigenvalue weighted by atomic mass is 10.1. The van der Waals surface area contributed by atoms with Crippen LogP contribution in [0.25, 0.3) is 0 Å². The Labute approximate surface area is 174 Å². The molecule has 1 saturated heterocycles. The van der Waals surface area contributed by atoms with Crippen LogP contribution in [0.15, 0.2) is 41.3 Å². The fourth-order valence-corrected chi connectivity index (χ4v) is 5.05. The second-order valence-electron chi connectivity index (χ2n) is 7.11. The molecule has 29 heavy (non-hydrogen) atoms. The number of nitrogens with zero attached hydrogens (tertiary/aromatic N) is 1. The molecule has 2 aromatic rings. The Hall–Kier alpha value is -2.00. The van der Waals surface area contributed by atoms with Crippen molar-refractivity contribution in [3.05, 3.63) is 58.4 Å². The SMILES string of the molecule is Cc1cc(C(=O)Nc2ccc(F)c(Cl)c2)cc(S(=O)(=O)N2CCCC(O)CC2)c1. The average Bonchev–Trinajstić information content (AvgIpc) is 2.89. The molecule has 2 aromatic carbocycles. The lowest BCUT2D eigenvalue weighted by Crippen LogP contribution is -2.32. The van der Waals surface area contributed by atoms with Gasteiger partial charge in [0.2, 0.25) is 10.0 Å². The van der Waals surface area contributed by atoms with E-state index in [4.69, 9.17) is 11.6 Å². The smallest absolute Gasteiger partial charge is 0.255 e. The molecule has 9 heteroatoms. The molecule has 0 radical (unpaired) electrons. The van der Waals surface area contributed by atoms with Gasteiger partial charge in [-0.05, 0) is 68.1 Å². The maximum Gasteiger partial charge on any atom is 0.255 e. The number of amides is 1. The van der Waals surface area contributed by atoms with Gasteiger partial charge < -0.3 is 10.4 Å². The standard InChI is InChI=1S/C20H22ClFN2O4S/c1-13-9-14(20(26)23-15-4-5-19(22)18(21)12-15)11-17(10-13)29(27,28)24-7-2-3-16(25)6-8-24/h4-5,9-12,16,25H,2-3,6-8H2,1H3,(H,23,26). The number of rotatable bonds is 4. The van der Waals surface area contributed by atoms with Crippen LogP contribution in [0, 0.1) is 12.7 Å². The monoisotopic (exact) mass is 440 g/mol. The summed E-state index contributed by atoms with van der Waals surface area (Å²) in [5.74, 6) is -1.13. The highest BCUT2D eigenvalue weighted by atomic mass is 35.5. The number of aliphatic hydroxyl groups excluding tert-OH is 1. The van der Waals surface area contributed by atoms with Gasteiger partial charge in [-0.25, -0.2) is 12.8 Å². The minimum absolute atomic E-state index is 0.0242. The van der Waals surface area contributed by atoms with Gasteiger partial charge in [-0.15, -0.1) is 0 Å². The third-order valence-corrected chi connectivity index (χ3v) is 6.95. The van der Waals surface area contributed by atoms with Crippen LogP contribution in [-0.2, 0) is 10.0 Å². The Morgan fingerprint density at radius 2 is 1.97 bits per heavy atom. The molecule has 6 nitrogen and oxygen atoms in total. The zero-order chi connectivity index (χ0) is 21.2. The maximum atomic E-state index is 13.3. The van der Waals surface area contributed by atoms with Crippen LogP contribution in [0.1, 0.15) is 35.2 Å². The average molecular weight is 441 g/mol. The highest BCUT2D eigenvalue weighted by Gasteiger charge is 2.28. The van der Waals surface area contributed by atoms with Gasteiger partial charge in [0, 0.05) is 24.3 Å². The minimum atomic E-state index is -3.80. The summed E-state index contributed by atoms with van der Waals surface area (Å²) in [7, 11) is -3.80. The van der Waals surface area contributed by atoms with E-state index in [0.717, 1.165) is 6.07 Å². The van der Waals surface area contributed by atoms with Gasteiger partial charge in [-0.2, -0.15) is 4.31 Å². The van der Waals surface area contributed by atoms with E-state index in [1.54, 1.807) is 13.0 Å². The number of aliphatic hydroxyl groups is 1. The highest BCUT2D eigenvalue weighted by molar-refractivity contribution is 7.89. The van der Waals surface area contributed by atoms with Crippen molar-refractivity contribution >= 4 is 33.2 Å². The molecule has 0 spiro atoms. The van der Waals surface area contributed by atoms with E-state index >= 15 is 0 Å². The largest absolute Gasteiger partial charge is 0.393 e. The molecule has 1 atom stereocenters. The van der Waals surface area contributed by atoms with Gasteiger partial charge >= 0.3 is 0 Å². The fraction of sp³-hybridized carbons (Fsp3) is 0.350. The maximum absolute atomic E-state index is 13.3. The summed E-state index contributed by atoms with van der Waals surface area (Å²) in [6.07, 6.45) is 1.01. The Bertz CT molecular complexity index is 1030. The van der Waals surface area contributed by atoms with Crippen molar-refractivity contribution in [1.29, 1.82) is 0 Å². The van der Waals surface area contributed by atoms with Crippen molar-refractivity contribution in [2.75, 3.05) is 18.4 Å². The van der Waals surface area contributed by atoms with Crippen LogP contribution < -0.4 is 5.32 Å². The van der Waals surface area contributed by atoms with E-state index in [9.17, 15) is 22.7 Å². The number of hydrogen-bond acceptors (Lipinski definition) is 4. The van der Waals surface area contributed by atoms with Crippen molar-refractivity contribution < 1.29 is 22.7 Å². The molecule has 1 fully saturated rings. The minimum Gasteiger partial charge on any atom is -0.393 e. The first-order valence-electron chi connectivity index (χ1n) is 9.23. The quantitative estimate of drug-likeness (QED) is 0.760. The number of hydrogen-bond donors (Lipinski definition) is 2. The lowest BCUT2D eigenvalue weighted by molar-refractivity contribution is 0.102. The first-order chi connectivity index (χ1) is 13.7. The number of benzene rings is 2. The molecular formula is C20H22ClFN2O4S. The Balaban J connectivity index is 1.86. The van der Waals surface area contributed by atoms with E-state index in [1.807, 2.05) is 0 Å². The number of nitrogens with one attached hydrogen (secondary N) is 1. The number of halogens is 2. The molecule has 0 aromatic heterocycles. The van der Waals surface area contributed by atoms with E-state index < -0.39 is 27.9 Å². The van der Waals surface area contributed by atoms with Crippen LogP contribution in [0.5, 0.6) is 0 Å². The van der Waals surface area contributed by atoms with Crippen LogP contribution in [0.3, 0.4) is 0 Å². The summed E-state index contributed by atoms with van der Waals surface area (Å²) in [5, 5.41) is 12.2. The summed E-state index contributed by atoms with van der Waals surface area (Å²) in [6, 6.07) is 8.20. The van der Waals surface area contributed by atoms with E-state index in [0.29, 0.717) is 37.1 Å². The third-order valence-electron chi connectivity index (χ3n) is 4.78. The normalized spacial score (nSPS) is 18.3. The summed E-state index contributed by atoms with van der Waals surface area (Å²) >= 11 is 5.73. The number of carbonyl (C=O) groups is 1. The van der Waals surface area contributed by atoms with E-state index in [1.165, 1.54) is 28.6 Å². The lowest BCUT2D eigenvalue weighted by Gasteiger charge is -2.20. The van der Waals surface area contributed by atoms with Gasteiger partial charge in [-0.1, -0.05) is 11.6 Å². The van der Waals surface area contributed by atoms with Crippen LogP contribution >= 0.6 is 11.6 Å². The zero-order valence-corrected chi connectivity index (χ0v) is 17.4. The number of aryl methyl sites for hydroxylation is 1. The molecule has 2 N–H and O–H groups in total. The predicted molar refractivity (Wildman–Crippen MR) is 109 cm³/mol. The first-order valence-corrected chi connectivity index (χ1v) is 11.0. The molecule has 0 bridgehead atoms. The van der Waals surface area contributed by atoms with Gasteiger partial charge in [-0.3, -0.25) is 4.79 Å². The Morgan fingerprint density at radius 3 is 2.69 bits per heavy atom. The van der Waals surface area contributed by atoms with Crippen LogP contribution in [-0.4, -0.2) is 42.9 Å². The van der Waals surface area contributed by atoms with E-state index in [2.05, 4.69) is 5.32 Å². The topological polar surface area (TPSA) is 86.7 Å². The van der Waals surface area contributed by atoms with Gasteiger partial charge in [0.1, 0.15) is 5.82 Å². The summed E-state index contributed by atoms with van der Waals surface area (Å²) < 4.78 is 40.8. The van der Waals surface area contributed by atoms with Crippen LogP contribution in [0.4, 0.5) is 10.1 Å². The molecule has 1 heterocycles. The Kier molecular flexibility index (Phi) is 6.58. The summed E-state index contributed by atoms with van der Waals surface area (Å²) in [6.45, 7) is 2.26. The second-order valence-corrected chi connectivity index (χ2v) is 9.45. The molecule has 156 valence electrons. The van der Waals surface area contributed by atoms with Crippen molar-refractivity contribution in [2.45, 2.75) is 37.2 Å². The van der Waals surface area contributed by atoms with Crippen molar-refractivity contribution in [3.8, 4) is 0 Å². The molecule has 1 amide bonds. The first kappa shape index (κ1) is 21.7. The number of carbonyl (C=O) groups excluding carboxylic acids is 1. The van der Waals surface area contributed by atoms with Crippen molar-refractivity contribution in [3.63, 3.8) is 0 Å². The molecule has 1 unspecified atom stereocenters. The molecule has 0 aliphatic carbocycles. The van der Waals surface area contributed by atoms with Crippen molar-refractivity contribution in [1.82, 2.24) is 4.31 Å². The summed E-state index contributed by atoms with van der Waals surface area (Å²) in [4.78, 5) is 12.7. The number of sulfonamides is 1. The molecule has 1 aliphatic heterocycles. The highest BCUT2D eigenvalue weighted by Crippen LogP contribution is 2.24. The summed E-state index contributed by atoms with van der Waals surface area (Å²) in [5.41, 5.74) is 1.08. The van der Waals surface area contributed by atoms with Crippen molar-refractivity contribution in [2.24, 2.45) is 0 Å².